The van der Waals surface area contributed by atoms with Gasteiger partial charge in [-0.15, -0.1) is 35.0 Å². The van der Waals surface area contributed by atoms with Gasteiger partial charge in [0.1, 0.15) is 0 Å². The van der Waals surface area contributed by atoms with Gasteiger partial charge in [-0.1, -0.05) is 12.5 Å². The van der Waals surface area contributed by atoms with E-state index in [4.69, 9.17) is 5.73 Å². The lowest BCUT2D eigenvalue weighted by Crippen LogP contribution is -2.31. The summed E-state index contributed by atoms with van der Waals surface area (Å²) in [4.78, 5) is 12.0. The van der Waals surface area contributed by atoms with Gasteiger partial charge in [0.05, 0.1) is 6.54 Å². The van der Waals surface area contributed by atoms with Crippen LogP contribution >= 0.6 is 24.8 Å². The zero-order valence-electron chi connectivity index (χ0n) is 12.1. The Hall–Kier alpha value is -1.37. The summed E-state index contributed by atoms with van der Waals surface area (Å²) in [6.45, 7) is 0.395. The normalized spacial score (nSPS) is 20.2. The molecule has 6 nitrogen and oxygen atoms in total. The highest BCUT2D eigenvalue weighted by Gasteiger charge is 2.25. The first-order valence-corrected chi connectivity index (χ1v) is 7.05. The number of pyridine rings is 1. The number of rotatable bonds is 4. The summed E-state index contributed by atoms with van der Waals surface area (Å²) in [6.07, 6.45) is 5.63. The summed E-state index contributed by atoms with van der Waals surface area (Å²) >= 11 is 0. The minimum absolute atomic E-state index is 0. The fourth-order valence-corrected chi connectivity index (χ4v) is 2.82. The maximum atomic E-state index is 12.0. The second-order valence-electron chi connectivity index (χ2n) is 5.38. The summed E-state index contributed by atoms with van der Waals surface area (Å²) in [6, 6.07) is 5.89. The smallest absolute Gasteiger partial charge is 0.220 e. The monoisotopic (exact) mass is 345 g/mol. The molecule has 0 bridgehead atoms. The molecule has 0 spiro atoms. The van der Waals surface area contributed by atoms with Crippen molar-refractivity contribution in [3.8, 4) is 0 Å². The lowest BCUT2D eigenvalue weighted by molar-refractivity contribution is -0.122. The molecule has 1 fully saturated rings. The van der Waals surface area contributed by atoms with Gasteiger partial charge in [0.15, 0.2) is 11.5 Å². The fraction of sp³-hybridized carbons (Fsp3) is 0.500. The van der Waals surface area contributed by atoms with Gasteiger partial charge in [-0.05, 0) is 30.9 Å². The maximum absolute atomic E-state index is 12.0. The fourth-order valence-electron chi connectivity index (χ4n) is 2.82. The number of carbonyl (C=O) groups is 1. The summed E-state index contributed by atoms with van der Waals surface area (Å²) in [7, 11) is 0. The molecule has 1 saturated carbocycles. The number of fused-ring (bicyclic) bond motifs is 1. The van der Waals surface area contributed by atoms with Crippen molar-refractivity contribution in [3.63, 3.8) is 0 Å². The van der Waals surface area contributed by atoms with E-state index < -0.39 is 0 Å². The van der Waals surface area contributed by atoms with Crippen LogP contribution in [0.3, 0.4) is 0 Å². The van der Waals surface area contributed by atoms with Crippen LogP contribution in [0.25, 0.3) is 5.65 Å². The van der Waals surface area contributed by atoms with Crippen molar-refractivity contribution >= 4 is 36.4 Å². The van der Waals surface area contributed by atoms with Gasteiger partial charge in [0.2, 0.25) is 5.91 Å². The Balaban J connectivity index is 0.00000121. The van der Waals surface area contributed by atoms with E-state index in [0.717, 1.165) is 30.7 Å². The SMILES string of the molecule is Cl.Cl.N[C@@H]1CCC[C@H]1CC(=O)NCc1nnc2ccccn12. The molecular formula is C14H21Cl2N5O. The molecule has 22 heavy (non-hydrogen) atoms. The van der Waals surface area contributed by atoms with Gasteiger partial charge in [0.25, 0.3) is 0 Å². The van der Waals surface area contributed by atoms with Crippen LogP contribution in [0.5, 0.6) is 0 Å². The summed E-state index contributed by atoms with van der Waals surface area (Å²) < 4.78 is 1.88. The van der Waals surface area contributed by atoms with E-state index >= 15 is 0 Å². The van der Waals surface area contributed by atoms with Crippen LogP contribution in [-0.4, -0.2) is 26.5 Å². The zero-order valence-corrected chi connectivity index (χ0v) is 13.8. The number of halogens is 2. The molecule has 1 aliphatic carbocycles. The zero-order chi connectivity index (χ0) is 13.9. The van der Waals surface area contributed by atoms with Gasteiger partial charge < -0.3 is 11.1 Å². The van der Waals surface area contributed by atoms with E-state index in [2.05, 4.69) is 15.5 Å². The topological polar surface area (TPSA) is 85.3 Å². The van der Waals surface area contributed by atoms with E-state index in [1.54, 1.807) is 0 Å². The third-order valence-corrected chi connectivity index (χ3v) is 3.99. The van der Waals surface area contributed by atoms with Crippen molar-refractivity contribution < 1.29 is 4.79 Å². The van der Waals surface area contributed by atoms with E-state index in [1.165, 1.54) is 0 Å². The number of hydrogen-bond donors (Lipinski definition) is 2. The van der Waals surface area contributed by atoms with E-state index in [0.29, 0.717) is 18.9 Å². The molecule has 2 aromatic heterocycles. The summed E-state index contributed by atoms with van der Waals surface area (Å²) in [5.41, 5.74) is 6.77. The Morgan fingerprint density at radius 3 is 2.86 bits per heavy atom. The Bertz CT molecular complexity index is 618. The van der Waals surface area contributed by atoms with Crippen molar-refractivity contribution in [3.05, 3.63) is 30.2 Å². The Kier molecular flexibility index (Phi) is 7.06. The number of amides is 1. The Labute approximate surface area is 141 Å². The van der Waals surface area contributed by atoms with Crippen LogP contribution in [0, 0.1) is 5.92 Å². The van der Waals surface area contributed by atoms with Crippen molar-refractivity contribution in [1.29, 1.82) is 0 Å². The highest BCUT2D eigenvalue weighted by molar-refractivity contribution is 5.85. The summed E-state index contributed by atoms with van der Waals surface area (Å²) in [5.74, 6) is 1.11. The van der Waals surface area contributed by atoms with E-state index in [9.17, 15) is 4.79 Å². The molecule has 0 unspecified atom stereocenters. The van der Waals surface area contributed by atoms with Gasteiger partial charge in [-0.2, -0.15) is 0 Å². The average Bonchev–Trinajstić information content (AvgIpc) is 3.04. The number of nitrogens with one attached hydrogen (secondary N) is 1. The Morgan fingerprint density at radius 1 is 1.32 bits per heavy atom. The first-order chi connectivity index (χ1) is 9.74. The van der Waals surface area contributed by atoms with Gasteiger partial charge >= 0.3 is 0 Å². The standard InChI is InChI=1S/C14H19N5O.2ClH/c15-11-5-3-4-10(11)8-14(20)16-9-13-18-17-12-6-1-2-7-19(12)13;;/h1-2,6-7,10-11H,3-5,8-9,15H2,(H,16,20);2*1H/t10-,11+;;/m0../s1. The molecule has 1 aliphatic rings. The van der Waals surface area contributed by atoms with Crippen molar-refractivity contribution in [1.82, 2.24) is 19.9 Å². The third-order valence-electron chi connectivity index (χ3n) is 3.99. The maximum Gasteiger partial charge on any atom is 0.220 e. The number of hydrogen-bond acceptors (Lipinski definition) is 4. The van der Waals surface area contributed by atoms with Gasteiger partial charge in [0, 0.05) is 18.7 Å². The highest BCUT2D eigenvalue weighted by Crippen LogP contribution is 2.26. The van der Waals surface area contributed by atoms with Crippen LogP contribution in [0.4, 0.5) is 0 Å². The molecular weight excluding hydrogens is 325 g/mol. The second-order valence-corrected chi connectivity index (χ2v) is 5.38. The van der Waals surface area contributed by atoms with Crippen molar-refractivity contribution in [2.75, 3.05) is 0 Å². The Morgan fingerprint density at radius 2 is 2.14 bits per heavy atom. The molecule has 3 rings (SSSR count). The molecule has 0 radical (unpaired) electrons. The van der Waals surface area contributed by atoms with Crippen LogP contribution in [0.1, 0.15) is 31.5 Å². The number of nitrogens with two attached hydrogens (primary N) is 1. The molecule has 2 heterocycles. The highest BCUT2D eigenvalue weighted by atomic mass is 35.5. The lowest BCUT2D eigenvalue weighted by atomic mass is 10.00. The molecule has 3 N–H and O–H groups in total. The molecule has 2 atom stereocenters. The largest absolute Gasteiger partial charge is 0.349 e. The molecule has 0 aliphatic heterocycles. The molecule has 0 saturated heterocycles. The van der Waals surface area contributed by atoms with Crippen LogP contribution < -0.4 is 11.1 Å². The second kappa shape index (κ2) is 8.31. The first kappa shape index (κ1) is 18.7. The minimum Gasteiger partial charge on any atom is -0.349 e. The molecule has 8 heteroatoms. The van der Waals surface area contributed by atoms with Crippen molar-refractivity contribution in [2.45, 2.75) is 38.3 Å². The quantitative estimate of drug-likeness (QED) is 0.883. The molecule has 2 aromatic rings. The predicted molar refractivity (Wildman–Crippen MR) is 89.3 cm³/mol. The first-order valence-electron chi connectivity index (χ1n) is 7.05. The van der Waals surface area contributed by atoms with Crippen LogP contribution in [0.2, 0.25) is 0 Å². The van der Waals surface area contributed by atoms with E-state index in [-0.39, 0.29) is 36.8 Å². The number of carbonyl (C=O) groups excluding carboxylic acids is 1. The van der Waals surface area contributed by atoms with Gasteiger partial charge in [-0.25, -0.2) is 0 Å². The molecule has 0 aromatic carbocycles. The summed E-state index contributed by atoms with van der Waals surface area (Å²) in [5, 5.41) is 11.0. The van der Waals surface area contributed by atoms with Crippen molar-refractivity contribution in [2.24, 2.45) is 11.7 Å². The lowest BCUT2D eigenvalue weighted by Gasteiger charge is -2.14. The number of aromatic nitrogens is 3. The molecule has 122 valence electrons. The number of nitrogens with zero attached hydrogens (tertiary/aromatic N) is 3. The van der Waals surface area contributed by atoms with Gasteiger partial charge in [-0.3, -0.25) is 9.20 Å². The predicted octanol–water partition coefficient (Wildman–Crippen LogP) is 1.71. The average molecular weight is 346 g/mol. The molecule has 1 amide bonds. The van der Waals surface area contributed by atoms with Crippen LogP contribution in [-0.2, 0) is 11.3 Å². The minimum atomic E-state index is 0. The van der Waals surface area contributed by atoms with Crippen LogP contribution in [0.15, 0.2) is 24.4 Å². The van der Waals surface area contributed by atoms with E-state index in [1.807, 2.05) is 28.8 Å². The third kappa shape index (κ3) is 4.09.